The Balaban J connectivity index is 2.19. The Hall–Kier alpha value is -2.63. The van der Waals surface area contributed by atoms with Gasteiger partial charge in [-0.1, -0.05) is 54.1 Å². The minimum absolute atomic E-state index is 0.284. The van der Waals surface area contributed by atoms with Crippen LogP contribution < -0.4 is 0 Å². The molecule has 0 saturated carbocycles. The van der Waals surface area contributed by atoms with Crippen LogP contribution in [0.3, 0.4) is 0 Å². The smallest absolute Gasteiger partial charge is 0.329 e. The zero-order valence-electron chi connectivity index (χ0n) is 16.2. The lowest BCUT2D eigenvalue weighted by molar-refractivity contribution is -0.153. The van der Waals surface area contributed by atoms with Gasteiger partial charge >= 0.3 is 5.97 Å². The number of H-pyrrole nitrogens is 1. The molecule has 0 aliphatic heterocycles. The van der Waals surface area contributed by atoms with Crippen LogP contribution in [0, 0.1) is 0 Å². The summed E-state index contributed by atoms with van der Waals surface area (Å²) in [6.07, 6.45) is 3.06. The van der Waals surface area contributed by atoms with E-state index in [-0.39, 0.29) is 12.1 Å². The number of benzene rings is 2. The van der Waals surface area contributed by atoms with Gasteiger partial charge in [-0.25, -0.2) is 4.98 Å². The normalized spacial score (nSPS) is 14.5. The van der Waals surface area contributed by atoms with Crippen LogP contribution in [0.4, 0.5) is 0 Å². The van der Waals surface area contributed by atoms with Crippen LogP contribution in [0.1, 0.15) is 23.9 Å². The van der Waals surface area contributed by atoms with Crippen LogP contribution in [-0.4, -0.2) is 47.6 Å². The molecular formula is C22H24ClN3O2. The molecule has 2 aromatic carbocycles. The Morgan fingerprint density at radius 3 is 2.36 bits per heavy atom. The minimum Gasteiger partial charge on any atom is -0.460 e. The van der Waals surface area contributed by atoms with E-state index in [2.05, 4.69) is 9.97 Å². The topological polar surface area (TPSA) is 58.2 Å². The number of aromatic amines is 1. The number of rotatable bonds is 7. The van der Waals surface area contributed by atoms with Crippen molar-refractivity contribution in [2.75, 3.05) is 20.6 Å². The highest BCUT2D eigenvalue weighted by atomic mass is 35.5. The number of likely N-dealkylation sites (N-methyl/N-ethyl adjacent to an activating group) is 1. The molecule has 1 heterocycles. The summed E-state index contributed by atoms with van der Waals surface area (Å²) in [6.45, 7) is 2.51. The standard InChI is InChI=1S/C22H24ClN3O2/c1-16(15-26(2)3)28-21(27)22(20-24-13-14-25-20,17-7-5-4-6-8-17)18-9-11-19(23)12-10-18/h4-14,16H,15H2,1-3H3,(H,24,25). The number of ether oxygens (including phenoxy) is 1. The first-order valence-corrected chi connectivity index (χ1v) is 9.49. The van der Waals surface area contributed by atoms with Crippen molar-refractivity contribution in [2.45, 2.75) is 18.4 Å². The zero-order valence-corrected chi connectivity index (χ0v) is 17.0. The van der Waals surface area contributed by atoms with E-state index in [0.29, 0.717) is 17.4 Å². The van der Waals surface area contributed by atoms with Gasteiger partial charge in [-0.2, -0.15) is 0 Å². The van der Waals surface area contributed by atoms with Crippen LogP contribution in [0.2, 0.25) is 5.02 Å². The minimum atomic E-state index is -1.23. The molecule has 6 heteroatoms. The monoisotopic (exact) mass is 397 g/mol. The predicted octanol–water partition coefficient (Wildman–Crippen LogP) is 3.89. The van der Waals surface area contributed by atoms with E-state index in [1.807, 2.05) is 68.4 Å². The molecule has 3 aromatic rings. The largest absolute Gasteiger partial charge is 0.460 e. The summed E-state index contributed by atoms with van der Waals surface area (Å²) < 4.78 is 5.92. The number of hydrogen-bond donors (Lipinski definition) is 1. The fraction of sp³-hybridized carbons (Fsp3) is 0.273. The summed E-state index contributed by atoms with van der Waals surface area (Å²) in [5.74, 6) is 0.119. The van der Waals surface area contributed by atoms with E-state index >= 15 is 0 Å². The molecule has 0 bridgehead atoms. The van der Waals surface area contributed by atoms with Gasteiger partial charge in [0.15, 0.2) is 5.41 Å². The molecule has 5 nitrogen and oxygen atoms in total. The molecule has 0 saturated heterocycles. The molecular weight excluding hydrogens is 374 g/mol. The van der Waals surface area contributed by atoms with Crippen molar-refractivity contribution in [3.8, 4) is 0 Å². The number of carbonyl (C=O) groups excluding carboxylic acids is 1. The molecule has 1 N–H and O–H groups in total. The van der Waals surface area contributed by atoms with Crippen LogP contribution in [-0.2, 0) is 14.9 Å². The Labute approximate surface area is 170 Å². The SMILES string of the molecule is CC(CN(C)C)OC(=O)C(c1ccccc1)(c1ccc(Cl)cc1)c1ncc[nH]1. The van der Waals surface area contributed by atoms with Crippen molar-refractivity contribution < 1.29 is 9.53 Å². The van der Waals surface area contributed by atoms with Crippen LogP contribution in [0.25, 0.3) is 0 Å². The number of nitrogens with zero attached hydrogens (tertiary/aromatic N) is 2. The summed E-state index contributed by atoms with van der Waals surface area (Å²) in [7, 11) is 3.89. The Morgan fingerprint density at radius 1 is 1.14 bits per heavy atom. The number of imidazole rings is 1. The van der Waals surface area contributed by atoms with E-state index in [1.165, 1.54) is 0 Å². The maximum atomic E-state index is 13.7. The Morgan fingerprint density at radius 2 is 1.79 bits per heavy atom. The molecule has 3 rings (SSSR count). The van der Waals surface area contributed by atoms with Gasteiger partial charge in [-0.15, -0.1) is 0 Å². The number of halogens is 1. The fourth-order valence-corrected chi connectivity index (χ4v) is 3.58. The summed E-state index contributed by atoms with van der Waals surface area (Å²) in [6, 6.07) is 16.8. The lowest BCUT2D eigenvalue weighted by Crippen LogP contribution is -2.43. The average Bonchev–Trinajstić information content (AvgIpc) is 3.19. The molecule has 0 aliphatic carbocycles. The van der Waals surface area contributed by atoms with E-state index in [4.69, 9.17) is 16.3 Å². The Kier molecular flexibility index (Phi) is 6.17. The highest BCUT2D eigenvalue weighted by molar-refractivity contribution is 6.30. The second kappa shape index (κ2) is 8.59. The maximum absolute atomic E-state index is 13.7. The van der Waals surface area contributed by atoms with Gasteiger partial charge in [0.25, 0.3) is 0 Å². The molecule has 146 valence electrons. The second-order valence-electron chi connectivity index (χ2n) is 7.04. The molecule has 0 aliphatic rings. The Bertz CT molecular complexity index is 895. The van der Waals surface area contributed by atoms with Crippen LogP contribution in [0.15, 0.2) is 67.0 Å². The number of aromatic nitrogens is 2. The van der Waals surface area contributed by atoms with Crippen molar-refractivity contribution in [1.29, 1.82) is 0 Å². The summed E-state index contributed by atoms with van der Waals surface area (Å²) in [5, 5.41) is 0.597. The van der Waals surface area contributed by atoms with E-state index in [1.54, 1.807) is 24.5 Å². The van der Waals surface area contributed by atoms with Gasteiger partial charge < -0.3 is 14.6 Å². The van der Waals surface area contributed by atoms with Crippen LogP contribution >= 0.6 is 11.6 Å². The number of nitrogens with one attached hydrogen (secondary N) is 1. The average molecular weight is 398 g/mol. The summed E-state index contributed by atoms with van der Waals surface area (Å²) in [5.41, 5.74) is 0.282. The molecule has 0 fully saturated rings. The van der Waals surface area contributed by atoms with Crippen LogP contribution in [0.5, 0.6) is 0 Å². The molecule has 0 radical (unpaired) electrons. The molecule has 2 atom stereocenters. The highest BCUT2D eigenvalue weighted by Crippen LogP contribution is 2.39. The third kappa shape index (κ3) is 3.96. The summed E-state index contributed by atoms with van der Waals surface area (Å²) >= 11 is 6.11. The zero-order chi connectivity index (χ0) is 20.1. The van der Waals surface area contributed by atoms with Crippen molar-refractivity contribution in [3.63, 3.8) is 0 Å². The van der Waals surface area contributed by atoms with Crippen molar-refractivity contribution >= 4 is 17.6 Å². The quantitative estimate of drug-likeness (QED) is 0.614. The number of esters is 1. The maximum Gasteiger partial charge on any atom is 0.329 e. The van der Waals surface area contributed by atoms with Crippen molar-refractivity contribution in [1.82, 2.24) is 14.9 Å². The van der Waals surface area contributed by atoms with E-state index in [0.717, 1.165) is 11.1 Å². The molecule has 1 aromatic heterocycles. The molecule has 0 amide bonds. The second-order valence-corrected chi connectivity index (χ2v) is 7.48. The number of hydrogen-bond acceptors (Lipinski definition) is 4. The van der Waals surface area contributed by atoms with Gasteiger partial charge in [0.1, 0.15) is 11.9 Å². The van der Waals surface area contributed by atoms with Gasteiger partial charge in [-0.3, -0.25) is 4.79 Å². The first-order valence-electron chi connectivity index (χ1n) is 9.12. The van der Waals surface area contributed by atoms with E-state index in [9.17, 15) is 4.79 Å². The third-order valence-electron chi connectivity index (χ3n) is 4.57. The van der Waals surface area contributed by atoms with Gasteiger partial charge in [0, 0.05) is 24.0 Å². The molecule has 2 unspecified atom stereocenters. The van der Waals surface area contributed by atoms with Crippen molar-refractivity contribution in [3.05, 3.63) is 89.0 Å². The molecule has 0 spiro atoms. The van der Waals surface area contributed by atoms with Gasteiger partial charge in [-0.05, 0) is 44.3 Å². The first kappa shape index (κ1) is 20.1. The van der Waals surface area contributed by atoms with E-state index < -0.39 is 5.41 Å². The predicted molar refractivity (Wildman–Crippen MR) is 110 cm³/mol. The van der Waals surface area contributed by atoms with Gasteiger partial charge in [0.2, 0.25) is 0 Å². The first-order chi connectivity index (χ1) is 13.4. The third-order valence-corrected chi connectivity index (χ3v) is 4.83. The summed E-state index contributed by atoms with van der Waals surface area (Å²) in [4.78, 5) is 23.3. The molecule has 28 heavy (non-hydrogen) atoms. The fourth-order valence-electron chi connectivity index (χ4n) is 3.45. The highest BCUT2D eigenvalue weighted by Gasteiger charge is 2.48. The number of carbonyl (C=O) groups is 1. The lowest BCUT2D eigenvalue weighted by Gasteiger charge is -2.32. The lowest BCUT2D eigenvalue weighted by atomic mass is 9.73. The van der Waals surface area contributed by atoms with Gasteiger partial charge in [0.05, 0.1) is 0 Å². The van der Waals surface area contributed by atoms with Crippen molar-refractivity contribution in [2.24, 2.45) is 0 Å².